The molecule has 0 saturated carbocycles. The highest BCUT2D eigenvalue weighted by Crippen LogP contribution is 2.26. The van der Waals surface area contributed by atoms with Gasteiger partial charge in [0.1, 0.15) is 11.6 Å². The first kappa shape index (κ1) is 25.2. The second-order valence-corrected chi connectivity index (χ2v) is 9.33. The standard InChI is InChI=1S/C28H31N9O/c1-18(2)20-13-26(36-33-16-20)35-25-5-4-23-24(34-25)12-21(15-32-23)22(17-30-3)28(29)19-6-7-31-27(14-19)37-8-10-38-11-9-37/h4-7,12-18H,8-11,29H2,1-3H3,(H,34,35,36). The number of nitrogens with zero attached hydrogens (tertiary/aromatic N) is 7. The van der Waals surface area contributed by atoms with Crippen LogP contribution >= 0.6 is 0 Å². The maximum Gasteiger partial charge on any atom is 0.154 e. The van der Waals surface area contributed by atoms with E-state index in [1.807, 2.05) is 36.4 Å². The molecule has 0 aromatic carbocycles. The fraction of sp³-hybridized carbons (Fsp3) is 0.286. The molecule has 38 heavy (non-hydrogen) atoms. The molecular weight excluding hydrogens is 478 g/mol. The number of rotatable bonds is 7. The van der Waals surface area contributed by atoms with Crippen molar-refractivity contribution < 1.29 is 4.74 Å². The van der Waals surface area contributed by atoms with E-state index in [1.165, 1.54) is 0 Å². The first-order chi connectivity index (χ1) is 18.5. The molecule has 0 bridgehead atoms. The Morgan fingerprint density at radius 3 is 2.66 bits per heavy atom. The van der Waals surface area contributed by atoms with Gasteiger partial charge in [0, 0.05) is 61.1 Å². The summed E-state index contributed by atoms with van der Waals surface area (Å²) in [5, 5.41) is 11.6. The number of aromatic nitrogens is 5. The summed E-state index contributed by atoms with van der Waals surface area (Å²) in [7, 11) is 1.72. The highest BCUT2D eigenvalue weighted by Gasteiger charge is 2.15. The highest BCUT2D eigenvalue weighted by atomic mass is 16.5. The van der Waals surface area contributed by atoms with Crippen molar-refractivity contribution in [2.75, 3.05) is 43.6 Å². The quantitative estimate of drug-likeness (QED) is 0.355. The van der Waals surface area contributed by atoms with Gasteiger partial charge in [-0.1, -0.05) is 13.8 Å². The summed E-state index contributed by atoms with van der Waals surface area (Å²) in [6.07, 6.45) is 7.11. The second kappa shape index (κ2) is 11.3. The van der Waals surface area contributed by atoms with Crippen LogP contribution in [0.25, 0.3) is 22.3 Å². The van der Waals surface area contributed by atoms with Crippen LogP contribution in [-0.4, -0.2) is 64.7 Å². The Labute approximate surface area is 221 Å². The van der Waals surface area contributed by atoms with E-state index in [-0.39, 0.29) is 0 Å². The van der Waals surface area contributed by atoms with E-state index in [0.29, 0.717) is 36.5 Å². The number of morpholine rings is 1. The number of nitrogens with two attached hydrogens (primary N) is 1. The Morgan fingerprint density at radius 1 is 1.03 bits per heavy atom. The summed E-state index contributed by atoms with van der Waals surface area (Å²) >= 11 is 0. The molecule has 0 spiro atoms. The van der Waals surface area contributed by atoms with Crippen LogP contribution in [0, 0.1) is 0 Å². The van der Waals surface area contributed by atoms with Gasteiger partial charge in [0.25, 0.3) is 0 Å². The van der Waals surface area contributed by atoms with Crippen LogP contribution in [0.15, 0.2) is 60.0 Å². The van der Waals surface area contributed by atoms with E-state index in [0.717, 1.165) is 52.2 Å². The van der Waals surface area contributed by atoms with E-state index in [1.54, 1.807) is 31.9 Å². The van der Waals surface area contributed by atoms with Gasteiger partial charge in [-0.25, -0.2) is 9.97 Å². The van der Waals surface area contributed by atoms with Gasteiger partial charge in [0.2, 0.25) is 0 Å². The molecule has 1 fully saturated rings. The zero-order valence-electron chi connectivity index (χ0n) is 21.8. The third kappa shape index (κ3) is 5.60. The summed E-state index contributed by atoms with van der Waals surface area (Å²) < 4.78 is 5.47. The maximum atomic E-state index is 6.71. The smallest absolute Gasteiger partial charge is 0.154 e. The van der Waals surface area contributed by atoms with Crippen molar-refractivity contribution >= 4 is 46.0 Å². The van der Waals surface area contributed by atoms with Crippen molar-refractivity contribution in [2.45, 2.75) is 19.8 Å². The minimum absolute atomic E-state index is 0.351. The van der Waals surface area contributed by atoms with Crippen molar-refractivity contribution in [1.82, 2.24) is 25.1 Å². The summed E-state index contributed by atoms with van der Waals surface area (Å²) in [5.74, 6) is 2.52. The van der Waals surface area contributed by atoms with Gasteiger partial charge in [-0.2, -0.15) is 5.10 Å². The van der Waals surface area contributed by atoms with Gasteiger partial charge < -0.3 is 20.7 Å². The fourth-order valence-corrected chi connectivity index (χ4v) is 4.25. The largest absolute Gasteiger partial charge is 0.398 e. The number of pyridine rings is 3. The average molecular weight is 510 g/mol. The Morgan fingerprint density at radius 2 is 1.87 bits per heavy atom. The predicted molar refractivity (Wildman–Crippen MR) is 152 cm³/mol. The van der Waals surface area contributed by atoms with Crippen molar-refractivity contribution in [2.24, 2.45) is 10.7 Å². The Hall–Kier alpha value is -4.44. The van der Waals surface area contributed by atoms with E-state index >= 15 is 0 Å². The molecule has 194 valence electrons. The molecule has 1 aliphatic heterocycles. The van der Waals surface area contributed by atoms with Gasteiger partial charge in [-0.3, -0.25) is 9.98 Å². The van der Waals surface area contributed by atoms with Crippen molar-refractivity contribution in [3.63, 3.8) is 0 Å². The lowest BCUT2D eigenvalue weighted by molar-refractivity contribution is 0.122. The molecule has 0 unspecified atom stereocenters. The topological polar surface area (TPSA) is 127 Å². The Balaban J connectivity index is 1.48. The monoisotopic (exact) mass is 509 g/mol. The van der Waals surface area contributed by atoms with E-state index in [2.05, 4.69) is 49.2 Å². The lowest BCUT2D eigenvalue weighted by Crippen LogP contribution is -2.36. The number of anilines is 3. The first-order valence-corrected chi connectivity index (χ1v) is 12.6. The molecule has 0 aliphatic carbocycles. The first-order valence-electron chi connectivity index (χ1n) is 12.6. The van der Waals surface area contributed by atoms with E-state index in [4.69, 9.17) is 15.5 Å². The Bertz CT molecular complexity index is 1490. The number of allylic oxidation sites excluding steroid dienone is 1. The summed E-state index contributed by atoms with van der Waals surface area (Å²) in [6.45, 7) is 7.21. The normalized spacial score (nSPS) is 14.8. The number of hydrogen-bond acceptors (Lipinski definition) is 10. The maximum absolute atomic E-state index is 6.71. The minimum atomic E-state index is 0.351. The molecule has 3 N–H and O–H groups in total. The molecule has 1 saturated heterocycles. The molecule has 1 aliphatic rings. The highest BCUT2D eigenvalue weighted by molar-refractivity contribution is 6.19. The fourth-order valence-electron chi connectivity index (χ4n) is 4.25. The Kier molecular flexibility index (Phi) is 7.50. The van der Waals surface area contributed by atoms with Crippen molar-refractivity contribution in [3.8, 4) is 0 Å². The molecule has 5 rings (SSSR count). The van der Waals surface area contributed by atoms with Gasteiger partial charge in [-0.05, 0) is 47.9 Å². The van der Waals surface area contributed by atoms with Crippen LogP contribution in [0.4, 0.5) is 17.5 Å². The van der Waals surface area contributed by atoms with Gasteiger partial charge in [-0.15, -0.1) is 5.10 Å². The number of nitrogens with one attached hydrogen (secondary N) is 1. The van der Waals surface area contributed by atoms with Gasteiger partial charge >= 0.3 is 0 Å². The number of aliphatic imine (C=N–C) groups is 1. The second-order valence-electron chi connectivity index (χ2n) is 9.33. The van der Waals surface area contributed by atoms with Crippen LogP contribution < -0.4 is 16.0 Å². The predicted octanol–water partition coefficient (Wildman–Crippen LogP) is 4.05. The van der Waals surface area contributed by atoms with Crippen molar-refractivity contribution in [3.05, 3.63) is 71.7 Å². The van der Waals surface area contributed by atoms with Crippen molar-refractivity contribution in [1.29, 1.82) is 0 Å². The summed E-state index contributed by atoms with van der Waals surface area (Å²) in [5.41, 5.74) is 12.3. The molecule has 5 heterocycles. The van der Waals surface area contributed by atoms with Crippen LogP contribution in [0.3, 0.4) is 0 Å². The molecule has 0 atom stereocenters. The molecule has 4 aromatic rings. The van der Waals surface area contributed by atoms with Gasteiger partial charge in [0.15, 0.2) is 5.82 Å². The molecule has 10 nitrogen and oxygen atoms in total. The van der Waals surface area contributed by atoms with E-state index < -0.39 is 0 Å². The summed E-state index contributed by atoms with van der Waals surface area (Å²) in [4.78, 5) is 20.4. The SMILES string of the molecule is CN=CC(=C(N)c1ccnc(N2CCOCC2)c1)c1cnc2ccc(Nc3cc(C(C)C)cnn3)nc2c1. The van der Waals surface area contributed by atoms with Gasteiger partial charge in [0.05, 0.1) is 30.4 Å². The molecule has 0 amide bonds. The third-order valence-electron chi connectivity index (χ3n) is 6.39. The van der Waals surface area contributed by atoms with Crippen LogP contribution in [0.5, 0.6) is 0 Å². The zero-order valence-corrected chi connectivity index (χ0v) is 21.8. The molecule has 0 radical (unpaired) electrons. The lowest BCUT2D eigenvalue weighted by atomic mass is 10.0. The van der Waals surface area contributed by atoms with E-state index in [9.17, 15) is 0 Å². The molecule has 4 aromatic heterocycles. The lowest BCUT2D eigenvalue weighted by Gasteiger charge is -2.28. The average Bonchev–Trinajstić information content (AvgIpc) is 2.96. The number of fused-ring (bicyclic) bond motifs is 1. The van der Waals surface area contributed by atoms with Crippen LogP contribution in [-0.2, 0) is 4.74 Å². The molecular formula is C28H31N9O. The van der Waals surface area contributed by atoms with Crippen LogP contribution in [0.2, 0.25) is 0 Å². The minimum Gasteiger partial charge on any atom is -0.398 e. The summed E-state index contributed by atoms with van der Waals surface area (Å²) in [6, 6.07) is 11.7. The number of hydrogen-bond donors (Lipinski definition) is 2. The van der Waals surface area contributed by atoms with Crippen LogP contribution in [0.1, 0.15) is 36.5 Å². The third-order valence-corrected chi connectivity index (χ3v) is 6.39. The zero-order chi connectivity index (χ0) is 26.5. The molecule has 10 heteroatoms. The number of ether oxygens (including phenoxy) is 1.